The van der Waals surface area contributed by atoms with Crippen molar-refractivity contribution in [2.24, 2.45) is 0 Å². The van der Waals surface area contributed by atoms with Gasteiger partial charge in [0.25, 0.3) is 0 Å². The number of carboxylic acids is 1. The second-order valence-electron chi connectivity index (χ2n) is 4.39. The summed E-state index contributed by atoms with van der Waals surface area (Å²) in [7, 11) is 0. The molecule has 1 heterocycles. The van der Waals surface area contributed by atoms with Gasteiger partial charge in [-0.2, -0.15) is 0 Å². The Morgan fingerprint density at radius 1 is 1.27 bits per heavy atom. The predicted molar refractivity (Wildman–Crippen MR) is 81.5 cm³/mol. The lowest BCUT2D eigenvalue weighted by atomic mass is 10.3. The van der Waals surface area contributed by atoms with Gasteiger partial charge >= 0.3 is 5.97 Å². The van der Waals surface area contributed by atoms with Crippen LogP contribution in [-0.2, 0) is 4.79 Å². The van der Waals surface area contributed by atoms with Crippen LogP contribution in [0.3, 0.4) is 0 Å². The highest BCUT2D eigenvalue weighted by molar-refractivity contribution is 8.00. The van der Waals surface area contributed by atoms with E-state index >= 15 is 0 Å². The summed E-state index contributed by atoms with van der Waals surface area (Å²) in [6.45, 7) is 1.60. The third kappa shape index (κ3) is 3.82. The Labute approximate surface area is 130 Å². The maximum atomic E-state index is 13.5. The molecular formula is C15H13FN2O3S. The van der Waals surface area contributed by atoms with Gasteiger partial charge in [-0.3, -0.25) is 4.79 Å². The lowest BCUT2D eigenvalue weighted by Gasteiger charge is -2.13. The lowest BCUT2D eigenvalue weighted by molar-refractivity contribution is -0.115. The smallest absolute Gasteiger partial charge is 0.338 e. The fourth-order valence-corrected chi connectivity index (χ4v) is 2.57. The third-order valence-electron chi connectivity index (χ3n) is 2.79. The summed E-state index contributed by atoms with van der Waals surface area (Å²) in [6, 6.07) is 8.76. The zero-order valence-electron chi connectivity index (χ0n) is 11.6. The van der Waals surface area contributed by atoms with Crippen molar-refractivity contribution in [1.29, 1.82) is 0 Å². The topological polar surface area (TPSA) is 79.3 Å². The Bertz CT molecular complexity index is 709. The van der Waals surface area contributed by atoms with E-state index in [0.29, 0.717) is 0 Å². The summed E-state index contributed by atoms with van der Waals surface area (Å²) in [5, 5.41) is 11.2. The van der Waals surface area contributed by atoms with Crippen molar-refractivity contribution in [2.45, 2.75) is 17.2 Å². The molecule has 0 aliphatic rings. The molecule has 0 bridgehead atoms. The molecule has 0 spiro atoms. The number of nitrogens with one attached hydrogen (secondary N) is 1. The number of thioether (sulfide) groups is 1. The molecule has 5 nitrogen and oxygen atoms in total. The van der Waals surface area contributed by atoms with Crippen LogP contribution < -0.4 is 5.32 Å². The number of amides is 1. The number of halogens is 1. The van der Waals surface area contributed by atoms with Crippen molar-refractivity contribution < 1.29 is 19.1 Å². The number of carbonyl (C=O) groups is 2. The molecule has 2 aromatic rings. The van der Waals surface area contributed by atoms with Gasteiger partial charge < -0.3 is 10.4 Å². The first-order chi connectivity index (χ1) is 10.5. The molecular weight excluding hydrogens is 307 g/mol. The van der Waals surface area contributed by atoms with Crippen molar-refractivity contribution in [2.75, 3.05) is 5.32 Å². The van der Waals surface area contributed by atoms with E-state index in [-0.39, 0.29) is 16.3 Å². The van der Waals surface area contributed by atoms with E-state index < -0.39 is 22.9 Å². The molecule has 1 aromatic heterocycles. The average molecular weight is 320 g/mol. The normalized spacial score (nSPS) is 11.7. The Balaban J connectivity index is 2.09. The van der Waals surface area contributed by atoms with E-state index in [1.165, 1.54) is 36.5 Å². The highest BCUT2D eigenvalue weighted by Crippen LogP contribution is 2.26. The minimum absolute atomic E-state index is 0.0260. The van der Waals surface area contributed by atoms with Gasteiger partial charge in [0.05, 0.1) is 16.5 Å². The Morgan fingerprint density at radius 3 is 2.68 bits per heavy atom. The number of carbonyl (C=O) groups excluding carboxylic acids is 1. The SMILES string of the molecule is C[C@@H](Sc1ncccc1C(=O)O)C(=O)Nc1ccccc1F. The Morgan fingerprint density at radius 2 is 2.00 bits per heavy atom. The van der Waals surface area contributed by atoms with E-state index in [0.717, 1.165) is 11.8 Å². The van der Waals surface area contributed by atoms with Crippen LogP contribution in [0.4, 0.5) is 10.1 Å². The first-order valence-electron chi connectivity index (χ1n) is 6.39. The fourth-order valence-electron chi connectivity index (χ4n) is 1.67. The van der Waals surface area contributed by atoms with Gasteiger partial charge in [0, 0.05) is 6.20 Å². The molecule has 0 radical (unpaired) electrons. The summed E-state index contributed by atoms with van der Waals surface area (Å²) < 4.78 is 13.5. The van der Waals surface area contributed by atoms with Crippen LogP contribution in [0.25, 0.3) is 0 Å². The van der Waals surface area contributed by atoms with Gasteiger partial charge in [0.1, 0.15) is 10.8 Å². The van der Waals surface area contributed by atoms with Crippen LogP contribution in [0.1, 0.15) is 17.3 Å². The first-order valence-corrected chi connectivity index (χ1v) is 7.27. The van der Waals surface area contributed by atoms with E-state index in [4.69, 9.17) is 5.11 Å². The number of aromatic carboxylic acids is 1. The molecule has 0 fully saturated rings. The molecule has 1 amide bonds. The van der Waals surface area contributed by atoms with Gasteiger partial charge in [-0.1, -0.05) is 23.9 Å². The van der Waals surface area contributed by atoms with E-state index in [2.05, 4.69) is 10.3 Å². The maximum absolute atomic E-state index is 13.5. The minimum atomic E-state index is -1.11. The van der Waals surface area contributed by atoms with Crippen LogP contribution in [0.5, 0.6) is 0 Å². The van der Waals surface area contributed by atoms with Crippen molar-refractivity contribution >= 4 is 29.3 Å². The Kier molecular flexibility index (Phi) is 5.11. The minimum Gasteiger partial charge on any atom is -0.478 e. The summed E-state index contributed by atoms with van der Waals surface area (Å²) in [5.41, 5.74) is 0.109. The summed E-state index contributed by atoms with van der Waals surface area (Å²) >= 11 is 1.01. The molecule has 7 heteroatoms. The van der Waals surface area contributed by atoms with Crippen molar-refractivity contribution in [3.63, 3.8) is 0 Å². The van der Waals surface area contributed by atoms with Crippen LogP contribution in [0.15, 0.2) is 47.6 Å². The van der Waals surface area contributed by atoms with Crippen molar-refractivity contribution in [1.82, 2.24) is 4.98 Å². The molecule has 0 saturated carbocycles. The third-order valence-corrected chi connectivity index (χ3v) is 3.91. The number of carboxylic acid groups (broad SMARTS) is 1. The predicted octanol–water partition coefficient (Wildman–Crippen LogP) is 3.04. The number of hydrogen-bond donors (Lipinski definition) is 2. The fraction of sp³-hybridized carbons (Fsp3) is 0.133. The molecule has 1 aromatic carbocycles. The maximum Gasteiger partial charge on any atom is 0.338 e. The number of aromatic nitrogens is 1. The highest BCUT2D eigenvalue weighted by Gasteiger charge is 2.20. The zero-order valence-corrected chi connectivity index (χ0v) is 12.4. The number of hydrogen-bond acceptors (Lipinski definition) is 4. The van der Waals surface area contributed by atoms with E-state index in [1.54, 1.807) is 13.0 Å². The number of anilines is 1. The molecule has 114 valence electrons. The summed E-state index contributed by atoms with van der Waals surface area (Å²) in [4.78, 5) is 27.2. The summed E-state index contributed by atoms with van der Waals surface area (Å²) in [6.07, 6.45) is 1.45. The van der Waals surface area contributed by atoms with Crippen molar-refractivity contribution in [3.8, 4) is 0 Å². The monoisotopic (exact) mass is 320 g/mol. The van der Waals surface area contributed by atoms with Crippen LogP contribution in [-0.4, -0.2) is 27.2 Å². The number of para-hydroxylation sites is 1. The standard InChI is InChI=1S/C15H13FN2O3S/c1-9(13(19)18-12-7-3-2-6-11(12)16)22-14-10(15(20)21)5-4-8-17-14/h2-9H,1H3,(H,18,19)(H,20,21)/t9-/m1/s1. The number of rotatable bonds is 5. The van der Waals surface area contributed by atoms with E-state index in [1.807, 2.05) is 0 Å². The molecule has 0 unspecified atom stereocenters. The van der Waals surface area contributed by atoms with Crippen LogP contribution in [0.2, 0.25) is 0 Å². The number of nitrogens with zero attached hydrogens (tertiary/aromatic N) is 1. The molecule has 2 rings (SSSR count). The molecule has 2 N–H and O–H groups in total. The molecule has 0 aliphatic carbocycles. The van der Waals surface area contributed by atoms with Crippen LogP contribution >= 0.6 is 11.8 Å². The van der Waals surface area contributed by atoms with Gasteiger partial charge in [0.2, 0.25) is 5.91 Å². The van der Waals surface area contributed by atoms with Crippen LogP contribution in [0, 0.1) is 5.82 Å². The quantitative estimate of drug-likeness (QED) is 0.828. The van der Waals surface area contributed by atoms with Gasteiger partial charge in [0.15, 0.2) is 0 Å². The summed E-state index contributed by atoms with van der Waals surface area (Å²) in [5.74, 6) is -2.08. The second kappa shape index (κ2) is 7.04. The number of benzene rings is 1. The van der Waals surface area contributed by atoms with Gasteiger partial charge in [-0.05, 0) is 31.2 Å². The largest absolute Gasteiger partial charge is 0.478 e. The molecule has 1 atom stereocenters. The highest BCUT2D eigenvalue weighted by atomic mass is 32.2. The van der Waals surface area contributed by atoms with Gasteiger partial charge in [-0.15, -0.1) is 0 Å². The average Bonchev–Trinajstić information content (AvgIpc) is 2.49. The van der Waals surface area contributed by atoms with E-state index in [9.17, 15) is 14.0 Å². The molecule has 0 aliphatic heterocycles. The first kappa shape index (κ1) is 16.0. The molecule has 22 heavy (non-hydrogen) atoms. The number of pyridine rings is 1. The second-order valence-corrected chi connectivity index (χ2v) is 5.72. The zero-order chi connectivity index (χ0) is 16.1. The lowest BCUT2D eigenvalue weighted by Crippen LogP contribution is -2.23. The van der Waals surface area contributed by atoms with Gasteiger partial charge in [-0.25, -0.2) is 14.2 Å². The molecule has 0 saturated heterocycles. The van der Waals surface area contributed by atoms with Crippen molar-refractivity contribution in [3.05, 3.63) is 54.0 Å². The Hall–Kier alpha value is -2.41.